The van der Waals surface area contributed by atoms with Crippen LogP contribution in [0.2, 0.25) is 0 Å². The number of nitrogens with zero attached hydrogens (tertiary/aromatic N) is 1. The monoisotopic (exact) mass is 680 g/mol. The third-order valence-corrected chi connectivity index (χ3v) is 11.5. The third-order valence-electron chi connectivity index (χ3n) is 10.9. The molecule has 2 bridgehead atoms. The molecule has 2 aromatic carbocycles. The first kappa shape index (κ1) is 31.1. The Morgan fingerprint density at radius 2 is 1.58 bits per heavy atom. The van der Waals surface area contributed by atoms with Gasteiger partial charge in [0.1, 0.15) is 6.04 Å². The van der Waals surface area contributed by atoms with Gasteiger partial charge in [-0.05, 0) is 72.2 Å². The van der Waals surface area contributed by atoms with E-state index in [0.717, 1.165) is 12.8 Å². The summed E-state index contributed by atoms with van der Waals surface area (Å²) in [6, 6.07) is 5.19. The number of nitrogens with one attached hydrogen (secondary N) is 1. The summed E-state index contributed by atoms with van der Waals surface area (Å²) in [6.07, 6.45) is 3.05. The van der Waals surface area contributed by atoms with Crippen LogP contribution in [0.15, 0.2) is 24.3 Å². The number of hydrogen-bond donors (Lipinski definition) is 2. The average Bonchev–Trinajstić information content (AvgIpc) is 3.92. The number of benzene rings is 2. The highest BCUT2D eigenvalue weighted by atomic mass is 32.2. The van der Waals surface area contributed by atoms with Crippen molar-refractivity contribution in [2.75, 3.05) is 39.6 Å². The van der Waals surface area contributed by atoms with Crippen LogP contribution in [-0.2, 0) is 28.7 Å². The topological polar surface area (TPSA) is 159 Å². The van der Waals surface area contributed by atoms with E-state index in [1.165, 1.54) is 30.9 Å². The quantitative estimate of drug-likeness (QED) is 0.295. The van der Waals surface area contributed by atoms with Gasteiger partial charge in [-0.25, -0.2) is 0 Å². The molecule has 14 heteroatoms. The Morgan fingerprint density at radius 1 is 0.958 bits per heavy atom. The number of methoxy groups -OCH3 is 2. The van der Waals surface area contributed by atoms with Gasteiger partial charge in [0.25, 0.3) is 0 Å². The maximum absolute atomic E-state index is 14.4. The molecule has 0 radical (unpaired) electrons. The highest BCUT2D eigenvalue weighted by Gasteiger charge is 2.64. The molecule has 3 amide bonds. The molecule has 13 nitrogen and oxygen atoms in total. The second-order valence-corrected chi connectivity index (χ2v) is 14.1. The minimum Gasteiger partial charge on any atom is -0.502 e. The molecule has 8 rings (SSSR count). The van der Waals surface area contributed by atoms with Gasteiger partial charge in [-0.3, -0.25) is 24.1 Å². The zero-order valence-electron chi connectivity index (χ0n) is 26.6. The van der Waals surface area contributed by atoms with Crippen LogP contribution in [0.3, 0.4) is 0 Å². The van der Waals surface area contributed by atoms with E-state index in [9.17, 15) is 24.3 Å². The van der Waals surface area contributed by atoms with Crippen molar-refractivity contribution in [2.45, 2.75) is 49.5 Å². The van der Waals surface area contributed by atoms with Gasteiger partial charge in [-0.15, -0.1) is 0 Å². The van der Waals surface area contributed by atoms with Gasteiger partial charge in [0.15, 0.2) is 23.0 Å². The summed E-state index contributed by atoms with van der Waals surface area (Å²) in [5.74, 6) is -2.87. The molecule has 0 spiro atoms. The van der Waals surface area contributed by atoms with Crippen molar-refractivity contribution in [3.63, 3.8) is 0 Å². The van der Waals surface area contributed by atoms with E-state index in [1.807, 2.05) is 18.4 Å². The molecule has 48 heavy (non-hydrogen) atoms. The lowest BCUT2D eigenvalue weighted by molar-refractivity contribution is -0.150. The van der Waals surface area contributed by atoms with E-state index in [-0.39, 0.29) is 61.1 Å². The van der Waals surface area contributed by atoms with E-state index >= 15 is 0 Å². The Morgan fingerprint density at radius 3 is 2.19 bits per heavy atom. The van der Waals surface area contributed by atoms with E-state index in [0.29, 0.717) is 33.9 Å². The largest absolute Gasteiger partial charge is 0.502 e. The van der Waals surface area contributed by atoms with Crippen molar-refractivity contribution in [3.05, 3.63) is 41.0 Å². The van der Waals surface area contributed by atoms with E-state index in [2.05, 4.69) is 5.32 Å². The summed E-state index contributed by atoms with van der Waals surface area (Å²) < 4.78 is 34.0. The van der Waals surface area contributed by atoms with Crippen LogP contribution in [0.1, 0.15) is 47.9 Å². The maximum atomic E-state index is 14.4. The molecular formula is C34H36N2O11S. The van der Waals surface area contributed by atoms with Crippen molar-refractivity contribution in [2.24, 2.45) is 23.7 Å². The van der Waals surface area contributed by atoms with Crippen molar-refractivity contribution < 1.29 is 52.7 Å². The Balaban J connectivity index is 1.20. The lowest BCUT2D eigenvalue weighted by Gasteiger charge is -2.40. The fraction of sp³-hybridized carbons (Fsp3) is 0.529. The second-order valence-electron chi connectivity index (χ2n) is 13.1. The molecular weight excluding hydrogens is 644 g/mol. The fourth-order valence-corrected chi connectivity index (χ4v) is 9.20. The first-order valence-electron chi connectivity index (χ1n) is 16.1. The molecule has 2 N–H and O–H groups in total. The van der Waals surface area contributed by atoms with Crippen molar-refractivity contribution in [1.82, 2.24) is 10.2 Å². The predicted molar refractivity (Wildman–Crippen MR) is 168 cm³/mol. The zero-order valence-corrected chi connectivity index (χ0v) is 27.4. The number of esters is 1. The van der Waals surface area contributed by atoms with Crippen LogP contribution in [0.4, 0.5) is 0 Å². The molecule has 2 aromatic rings. The van der Waals surface area contributed by atoms with Crippen molar-refractivity contribution in [1.29, 1.82) is 0 Å². The number of fused-ring (bicyclic) bond motifs is 8. The van der Waals surface area contributed by atoms with Gasteiger partial charge in [0.05, 0.1) is 56.8 Å². The number of hydrogen-bond acceptors (Lipinski definition) is 12. The Labute approximate surface area is 280 Å². The molecule has 5 aliphatic heterocycles. The standard InChI is InChI=1S/C34H36N2O11S/c1-42-23-8-14(9-24(43-2)30(23)37)25-15-10-21-22(46-13-45-21)11-16(15)29(17-12-44-34(41)26(17)25)35-31(38)18(6-7-48-3)36-32(39)27-19-4-5-20(47-19)28(27)33(36)40/h8-11,17-20,25-29,37H,4-7,12-13H2,1-3H3,(H,35,38)/t17-,18-,19?,20?,25+,26-,27?,28?,29+/m0/s1. The third kappa shape index (κ3) is 4.55. The summed E-state index contributed by atoms with van der Waals surface area (Å²) in [6.45, 7) is 0.0483. The smallest absolute Gasteiger partial charge is 0.310 e. The number of thioether (sulfide) groups is 1. The summed E-state index contributed by atoms with van der Waals surface area (Å²) in [4.78, 5) is 56.7. The normalized spacial score (nSPS) is 31.3. The minimum atomic E-state index is -1.03. The highest BCUT2D eigenvalue weighted by Crippen LogP contribution is 2.56. The fourth-order valence-electron chi connectivity index (χ4n) is 8.74. The number of phenols is 1. The molecule has 9 atom stereocenters. The number of aromatic hydroxyl groups is 1. The number of carbonyl (C=O) groups is 4. The Bertz CT molecular complexity index is 1660. The maximum Gasteiger partial charge on any atom is 0.310 e. The number of rotatable bonds is 9. The van der Waals surface area contributed by atoms with E-state index < -0.39 is 53.5 Å². The van der Waals surface area contributed by atoms with Gasteiger partial charge in [-0.2, -0.15) is 11.8 Å². The van der Waals surface area contributed by atoms with Crippen LogP contribution >= 0.6 is 11.8 Å². The summed E-state index contributed by atoms with van der Waals surface area (Å²) in [5.41, 5.74) is 2.01. The van der Waals surface area contributed by atoms with Gasteiger partial charge >= 0.3 is 5.97 Å². The Hall–Kier alpha value is -4.17. The number of amides is 3. The number of phenolic OH excluding ortho intramolecular Hbond substituents is 1. The molecule has 4 saturated heterocycles. The lowest BCUT2D eigenvalue weighted by atomic mass is 9.65. The molecule has 4 fully saturated rings. The summed E-state index contributed by atoms with van der Waals surface area (Å²) in [5, 5.41) is 13.8. The van der Waals surface area contributed by atoms with E-state index in [1.54, 1.807) is 12.1 Å². The number of ether oxygens (including phenoxy) is 6. The molecule has 1 aliphatic carbocycles. The van der Waals surface area contributed by atoms with Crippen molar-refractivity contribution in [3.8, 4) is 28.7 Å². The summed E-state index contributed by atoms with van der Waals surface area (Å²) in [7, 11) is 2.86. The van der Waals surface area contributed by atoms with Crippen LogP contribution < -0.4 is 24.3 Å². The molecule has 254 valence electrons. The SMILES string of the molecule is COc1cc([C@@H]2c3cc4c(cc3[C@@H](NC(=O)[C@H](CCSC)N3C(=O)C5C6CCC(O6)C5C3=O)[C@H]3COC(=O)[C@H]23)OCO4)cc(OC)c1O. The Kier molecular flexibility index (Phi) is 7.62. The minimum absolute atomic E-state index is 0.0135. The highest BCUT2D eigenvalue weighted by molar-refractivity contribution is 7.98. The summed E-state index contributed by atoms with van der Waals surface area (Å²) >= 11 is 1.52. The van der Waals surface area contributed by atoms with Crippen molar-refractivity contribution >= 4 is 35.5 Å². The van der Waals surface area contributed by atoms with Gasteiger partial charge in [-0.1, -0.05) is 0 Å². The molecule has 5 heterocycles. The van der Waals surface area contributed by atoms with Crippen LogP contribution in [-0.4, -0.2) is 91.6 Å². The molecule has 0 saturated carbocycles. The average molecular weight is 681 g/mol. The van der Waals surface area contributed by atoms with Crippen LogP contribution in [0.5, 0.6) is 28.7 Å². The van der Waals surface area contributed by atoms with Crippen LogP contribution in [0, 0.1) is 23.7 Å². The first-order chi connectivity index (χ1) is 23.2. The van der Waals surface area contributed by atoms with Gasteiger partial charge in [0, 0.05) is 11.8 Å². The number of imide groups is 1. The molecule has 0 aromatic heterocycles. The predicted octanol–water partition coefficient (Wildman–Crippen LogP) is 2.51. The number of likely N-dealkylation sites (tertiary alicyclic amines) is 1. The van der Waals surface area contributed by atoms with Crippen LogP contribution in [0.25, 0.3) is 0 Å². The zero-order chi connectivity index (χ0) is 33.4. The lowest BCUT2D eigenvalue weighted by Crippen LogP contribution is -2.53. The molecule has 6 aliphatic rings. The van der Waals surface area contributed by atoms with Gasteiger partial charge in [0.2, 0.25) is 30.3 Å². The number of cyclic esters (lactones) is 1. The second kappa shape index (κ2) is 11.8. The van der Waals surface area contributed by atoms with E-state index in [4.69, 9.17) is 28.4 Å². The number of carbonyl (C=O) groups excluding carboxylic acids is 4. The van der Waals surface area contributed by atoms with Gasteiger partial charge < -0.3 is 38.8 Å². The first-order valence-corrected chi connectivity index (χ1v) is 17.5. The molecule has 4 unspecified atom stereocenters.